The van der Waals surface area contributed by atoms with E-state index in [9.17, 15) is 0 Å². The largest absolute Gasteiger partial charge is 0.130 e. The van der Waals surface area contributed by atoms with Crippen LogP contribution < -0.4 is 0 Å². The van der Waals surface area contributed by atoms with Crippen molar-refractivity contribution < 1.29 is 0 Å². The maximum Gasteiger partial charge on any atom is -0.00200 e. The number of allylic oxidation sites excluding steroid dienone is 7. The van der Waals surface area contributed by atoms with E-state index >= 15 is 0 Å². The molecule has 0 aromatic rings. The molecule has 1 rings (SSSR count). The monoisotopic (exact) mass is 234 g/mol. The summed E-state index contributed by atoms with van der Waals surface area (Å²) in [5, 5.41) is 0. The molecule has 1 aliphatic carbocycles. The highest BCUT2D eigenvalue weighted by Crippen LogP contribution is 2.31. The minimum absolute atomic E-state index is 0.462. The highest BCUT2D eigenvalue weighted by Gasteiger charge is 2.21. The first kappa shape index (κ1) is 13.5. The molecule has 0 heterocycles. The Balaban J connectivity index is 2.74. The zero-order valence-electron chi connectivity index (χ0n) is 10.4. The van der Waals surface area contributed by atoms with E-state index in [4.69, 9.17) is 0 Å². The Kier molecular flexibility index (Phi) is 5.77. The second-order valence-electron chi connectivity index (χ2n) is 4.43. The third-order valence-corrected chi connectivity index (χ3v) is 3.84. The molecule has 0 N–H and O–H groups in total. The fourth-order valence-corrected chi connectivity index (χ4v) is 2.45. The first-order valence-electron chi connectivity index (χ1n) is 6.08. The normalized spacial score (nSPS) is 24.2. The van der Waals surface area contributed by atoms with Gasteiger partial charge in [0.25, 0.3) is 0 Å². The van der Waals surface area contributed by atoms with Gasteiger partial charge in [0.15, 0.2) is 0 Å². The van der Waals surface area contributed by atoms with Crippen molar-refractivity contribution in [1.29, 1.82) is 0 Å². The molecule has 0 fully saturated rings. The van der Waals surface area contributed by atoms with Crippen molar-refractivity contribution in [1.82, 2.24) is 0 Å². The summed E-state index contributed by atoms with van der Waals surface area (Å²) in [6.45, 7) is 8.25. The quantitative estimate of drug-likeness (QED) is 0.484. The number of hydrogen-bond acceptors (Lipinski definition) is 0. The van der Waals surface area contributed by atoms with Crippen LogP contribution in [0.15, 0.2) is 48.6 Å². The molecule has 0 nitrogen and oxygen atoms in total. The van der Waals surface area contributed by atoms with Gasteiger partial charge in [0, 0.05) is 0 Å². The molecular formula is C15H23P. The highest BCUT2D eigenvalue weighted by atomic mass is 31.0. The van der Waals surface area contributed by atoms with Gasteiger partial charge in [-0.1, -0.05) is 49.0 Å². The smallest absolute Gasteiger partial charge is 0.00200 e. The van der Waals surface area contributed by atoms with Crippen molar-refractivity contribution in [3.05, 3.63) is 48.6 Å². The fraction of sp³-hybridized carbons (Fsp3) is 0.467. The van der Waals surface area contributed by atoms with Crippen LogP contribution in [0, 0.1) is 11.8 Å². The Labute approximate surface area is 102 Å². The third-order valence-electron chi connectivity index (χ3n) is 3.12. The van der Waals surface area contributed by atoms with E-state index in [1.54, 1.807) is 0 Å². The second kappa shape index (κ2) is 6.86. The van der Waals surface area contributed by atoms with Gasteiger partial charge in [0.2, 0.25) is 0 Å². The summed E-state index contributed by atoms with van der Waals surface area (Å²) >= 11 is 0. The van der Waals surface area contributed by atoms with E-state index in [-0.39, 0.29) is 0 Å². The molecule has 16 heavy (non-hydrogen) atoms. The molecule has 0 saturated carbocycles. The van der Waals surface area contributed by atoms with Crippen LogP contribution in [-0.2, 0) is 0 Å². The summed E-state index contributed by atoms with van der Waals surface area (Å²) in [5.41, 5.74) is 1.85. The zero-order chi connectivity index (χ0) is 12.0. The molecule has 0 aromatic carbocycles. The van der Waals surface area contributed by atoms with Gasteiger partial charge in [-0.05, 0) is 37.3 Å². The van der Waals surface area contributed by atoms with Crippen molar-refractivity contribution in [2.75, 3.05) is 0 Å². The van der Waals surface area contributed by atoms with Crippen molar-refractivity contribution >= 4 is 9.24 Å². The molecule has 0 amide bonds. The van der Waals surface area contributed by atoms with Crippen LogP contribution in [0.5, 0.6) is 0 Å². The zero-order valence-corrected chi connectivity index (χ0v) is 11.5. The van der Waals surface area contributed by atoms with Crippen molar-refractivity contribution in [3.8, 4) is 0 Å². The van der Waals surface area contributed by atoms with Crippen LogP contribution >= 0.6 is 9.24 Å². The first-order valence-corrected chi connectivity index (χ1v) is 6.75. The van der Waals surface area contributed by atoms with Crippen molar-refractivity contribution in [2.24, 2.45) is 11.8 Å². The van der Waals surface area contributed by atoms with Gasteiger partial charge in [-0.25, -0.2) is 0 Å². The van der Waals surface area contributed by atoms with Gasteiger partial charge < -0.3 is 0 Å². The average molecular weight is 234 g/mol. The van der Waals surface area contributed by atoms with E-state index in [1.165, 1.54) is 5.57 Å². The van der Waals surface area contributed by atoms with Crippen LogP contribution in [0.3, 0.4) is 0 Å². The van der Waals surface area contributed by atoms with Crippen LogP contribution in [0.2, 0.25) is 0 Å². The summed E-state index contributed by atoms with van der Waals surface area (Å²) in [6.07, 6.45) is 15.8. The fourth-order valence-electron chi connectivity index (χ4n) is 2.04. The van der Waals surface area contributed by atoms with Crippen LogP contribution in [-0.4, -0.2) is 5.66 Å². The minimum Gasteiger partial charge on any atom is -0.130 e. The Bertz CT molecular complexity index is 309. The topological polar surface area (TPSA) is 0 Å². The third kappa shape index (κ3) is 3.76. The van der Waals surface area contributed by atoms with Crippen LogP contribution in [0.4, 0.5) is 0 Å². The van der Waals surface area contributed by atoms with Gasteiger partial charge in [-0.15, -0.1) is 15.8 Å². The lowest BCUT2D eigenvalue weighted by atomic mass is 9.83. The first-order chi connectivity index (χ1) is 7.69. The summed E-state index contributed by atoms with van der Waals surface area (Å²) in [5.74, 6) is 1.18. The second-order valence-corrected chi connectivity index (χ2v) is 5.20. The average Bonchev–Trinajstić information content (AvgIpc) is 2.31. The van der Waals surface area contributed by atoms with Crippen molar-refractivity contribution in [2.45, 2.75) is 32.3 Å². The van der Waals surface area contributed by atoms with Gasteiger partial charge in [-0.3, -0.25) is 0 Å². The molecule has 0 bridgehead atoms. The SMILES string of the molecule is C=CC(P)C(/C=C\CC)C1C=CC(C)=CC1. The number of rotatable bonds is 5. The standard InChI is InChI=1S/C15H23P/c1-4-6-7-14(15(16)5-2)13-10-8-12(3)9-11-13/h5-10,13-15H,2,4,11,16H2,1,3H3/b7-6-. The van der Waals surface area contributed by atoms with Crippen molar-refractivity contribution in [3.63, 3.8) is 0 Å². The maximum absolute atomic E-state index is 3.91. The predicted octanol–water partition coefficient (Wildman–Crippen LogP) is 4.52. The maximum atomic E-state index is 3.91. The molecule has 0 spiro atoms. The molecule has 0 aliphatic heterocycles. The van der Waals surface area contributed by atoms with Gasteiger partial charge in [0.05, 0.1) is 0 Å². The lowest BCUT2D eigenvalue weighted by molar-refractivity contribution is 0.486. The highest BCUT2D eigenvalue weighted by molar-refractivity contribution is 7.18. The van der Waals surface area contributed by atoms with Gasteiger partial charge in [0.1, 0.15) is 0 Å². The Morgan fingerprint density at radius 3 is 2.88 bits per heavy atom. The van der Waals surface area contributed by atoms with Crippen LogP contribution in [0.25, 0.3) is 0 Å². The Morgan fingerprint density at radius 1 is 1.62 bits per heavy atom. The molecule has 4 unspecified atom stereocenters. The van der Waals surface area contributed by atoms with Gasteiger partial charge >= 0.3 is 0 Å². The summed E-state index contributed by atoms with van der Waals surface area (Å²) in [6, 6.07) is 0. The van der Waals surface area contributed by atoms with E-state index in [2.05, 4.69) is 60.0 Å². The molecule has 1 aliphatic rings. The molecule has 0 saturated heterocycles. The van der Waals surface area contributed by atoms with E-state index in [0.717, 1.165) is 12.8 Å². The van der Waals surface area contributed by atoms with Gasteiger partial charge in [-0.2, -0.15) is 0 Å². The molecule has 1 heteroatoms. The molecule has 88 valence electrons. The predicted molar refractivity (Wildman–Crippen MR) is 77.6 cm³/mol. The molecule has 4 atom stereocenters. The summed E-state index contributed by atoms with van der Waals surface area (Å²) < 4.78 is 0. The molecular weight excluding hydrogens is 211 g/mol. The molecule has 0 radical (unpaired) electrons. The number of hydrogen-bond donors (Lipinski definition) is 0. The van der Waals surface area contributed by atoms with E-state index in [1.807, 2.05) is 6.08 Å². The Hall–Kier alpha value is -0.610. The van der Waals surface area contributed by atoms with E-state index in [0.29, 0.717) is 17.5 Å². The lowest BCUT2D eigenvalue weighted by Gasteiger charge is -2.26. The molecule has 0 aromatic heterocycles. The summed E-state index contributed by atoms with van der Waals surface area (Å²) in [4.78, 5) is 0. The lowest BCUT2D eigenvalue weighted by Crippen LogP contribution is -2.20. The minimum atomic E-state index is 0.462. The van der Waals surface area contributed by atoms with Crippen LogP contribution in [0.1, 0.15) is 26.7 Å². The Morgan fingerprint density at radius 2 is 2.38 bits per heavy atom. The summed E-state index contributed by atoms with van der Waals surface area (Å²) in [7, 11) is 2.90. The van der Waals surface area contributed by atoms with E-state index < -0.39 is 0 Å².